The lowest BCUT2D eigenvalue weighted by Gasteiger charge is -2.05. The van der Waals surface area contributed by atoms with Gasteiger partial charge in [-0.15, -0.1) is 11.3 Å². The largest absolute Gasteiger partial charge is 0.282 e. The van der Waals surface area contributed by atoms with Crippen LogP contribution in [0.3, 0.4) is 0 Å². The third-order valence-electron chi connectivity index (χ3n) is 5.92. The van der Waals surface area contributed by atoms with E-state index in [4.69, 9.17) is 10.4 Å². The van der Waals surface area contributed by atoms with E-state index in [1.54, 1.807) is 23.7 Å². The second-order valence-electron chi connectivity index (χ2n) is 8.40. The lowest BCUT2D eigenvalue weighted by molar-refractivity contribution is 1.31. The molecule has 0 amide bonds. The Bertz CT molecular complexity index is 1770. The lowest BCUT2D eigenvalue weighted by atomic mass is 10.1. The van der Waals surface area contributed by atoms with Gasteiger partial charge in [0.15, 0.2) is 11.7 Å². The van der Waals surface area contributed by atoms with Crippen molar-refractivity contribution < 1.29 is 0 Å². The summed E-state index contributed by atoms with van der Waals surface area (Å²) in [5.74, 6) is 0.642. The van der Waals surface area contributed by atoms with E-state index in [1.165, 1.54) is 0 Å². The quantitative estimate of drug-likeness (QED) is 0.204. The van der Waals surface area contributed by atoms with E-state index in [0.29, 0.717) is 5.84 Å². The number of rotatable bonds is 4. The van der Waals surface area contributed by atoms with Crippen LogP contribution in [-0.2, 0) is 0 Å². The molecule has 0 aliphatic heterocycles. The maximum atomic E-state index is 8.76. The number of aromatic nitrogens is 2. The summed E-state index contributed by atoms with van der Waals surface area (Å²) in [5.41, 5.74) is 4.36. The van der Waals surface area contributed by atoms with E-state index in [-0.39, 0.29) is 5.84 Å². The summed E-state index contributed by atoms with van der Waals surface area (Å²) in [6.45, 7) is 0. The van der Waals surface area contributed by atoms with Crippen LogP contribution in [0.15, 0.2) is 125 Å². The molecule has 0 saturated carbocycles. The van der Waals surface area contributed by atoms with Gasteiger partial charge in [-0.2, -0.15) is 0 Å². The Kier molecular flexibility index (Phi) is 6.15. The number of nitrogens with one attached hydrogen (secondary N) is 1. The molecule has 0 atom stereocenters. The first-order valence-electron chi connectivity index (χ1n) is 11.8. The molecule has 6 aromatic rings. The highest BCUT2D eigenvalue weighted by atomic mass is 32.1. The van der Waals surface area contributed by atoms with Crippen molar-refractivity contribution >= 4 is 50.2 Å². The normalized spacial score (nSPS) is 11.9. The fraction of sp³-hybridized carbons (Fsp3) is 0. The van der Waals surface area contributed by atoms with E-state index in [1.807, 2.05) is 97.1 Å². The maximum Gasteiger partial charge on any atom is 0.161 e. The van der Waals surface area contributed by atoms with Crippen LogP contribution in [-0.4, -0.2) is 27.9 Å². The molecule has 6 heteroatoms. The molecular formula is C31H21N5S. The van der Waals surface area contributed by atoms with Crippen LogP contribution >= 0.6 is 11.3 Å². The van der Waals surface area contributed by atoms with Gasteiger partial charge in [-0.25, -0.2) is 15.0 Å². The van der Waals surface area contributed by atoms with Crippen molar-refractivity contribution in [1.82, 2.24) is 9.97 Å². The Morgan fingerprint density at radius 3 is 2.35 bits per heavy atom. The zero-order chi connectivity index (χ0) is 25.0. The fourth-order valence-corrected chi connectivity index (χ4v) is 5.03. The Morgan fingerprint density at radius 2 is 1.57 bits per heavy atom. The number of hydrogen-bond acceptors (Lipinski definition) is 4. The fourth-order valence-electron chi connectivity index (χ4n) is 4.07. The lowest BCUT2D eigenvalue weighted by Crippen LogP contribution is -2.04. The predicted molar refractivity (Wildman–Crippen MR) is 154 cm³/mol. The van der Waals surface area contributed by atoms with E-state index >= 15 is 0 Å². The first kappa shape index (κ1) is 22.6. The number of thiazole rings is 1. The van der Waals surface area contributed by atoms with Crippen LogP contribution in [0.25, 0.3) is 31.7 Å². The number of nitrogens with zero attached hydrogens (tertiary/aromatic N) is 4. The molecule has 0 spiro atoms. The van der Waals surface area contributed by atoms with Gasteiger partial charge < -0.3 is 0 Å². The highest BCUT2D eigenvalue weighted by Crippen LogP contribution is 2.33. The Morgan fingerprint density at radius 1 is 0.784 bits per heavy atom. The number of aliphatic imine (C=N–C) groups is 2. The molecular weight excluding hydrogens is 474 g/mol. The van der Waals surface area contributed by atoms with E-state index in [2.05, 4.69) is 27.1 Å². The molecule has 6 rings (SSSR count). The van der Waals surface area contributed by atoms with Gasteiger partial charge in [-0.3, -0.25) is 10.4 Å². The number of hydrogen-bond donors (Lipinski definition) is 1. The molecule has 2 aromatic heterocycles. The maximum absolute atomic E-state index is 8.76. The average Bonchev–Trinajstić information content (AvgIpc) is 3.41. The van der Waals surface area contributed by atoms with Gasteiger partial charge in [0.1, 0.15) is 5.01 Å². The molecule has 1 N–H and O–H groups in total. The molecule has 0 fully saturated rings. The van der Waals surface area contributed by atoms with Gasteiger partial charge in [0.25, 0.3) is 0 Å². The monoisotopic (exact) mass is 495 g/mol. The minimum Gasteiger partial charge on any atom is -0.282 e. The minimum atomic E-state index is 0.151. The summed E-state index contributed by atoms with van der Waals surface area (Å²) in [4.78, 5) is 18.6. The molecule has 2 heterocycles. The highest BCUT2D eigenvalue weighted by Gasteiger charge is 2.12. The van der Waals surface area contributed by atoms with E-state index in [9.17, 15) is 0 Å². The van der Waals surface area contributed by atoms with Crippen molar-refractivity contribution in [2.75, 3.05) is 0 Å². The van der Waals surface area contributed by atoms with Gasteiger partial charge in [0, 0.05) is 28.9 Å². The molecule has 5 nitrogen and oxygen atoms in total. The molecule has 0 radical (unpaired) electrons. The van der Waals surface area contributed by atoms with Crippen molar-refractivity contribution in [2.24, 2.45) is 9.98 Å². The summed E-state index contributed by atoms with van der Waals surface area (Å²) in [7, 11) is 0. The highest BCUT2D eigenvalue weighted by molar-refractivity contribution is 7.21. The van der Waals surface area contributed by atoms with Crippen molar-refractivity contribution in [1.29, 1.82) is 5.41 Å². The van der Waals surface area contributed by atoms with Gasteiger partial charge >= 0.3 is 0 Å². The second kappa shape index (κ2) is 10.0. The van der Waals surface area contributed by atoms with Crippen LogP contribution in [0.2, 0.25) is 0 Å². The van der Waals surface area contributed by atoms with Crippen LogP contribution in [0.4, 0.5) is 0 Å². The third-order valence-corrected chi connectivity index (χ3v) is 6.96. The number of pyridine rings is 1. The molecule has 0 aliphatic carbocycles. The Labute approximate surface area is 218 Å². The minimum absolute atomic E-state index is 0.151. The summed E-state index contributed by atoms with van der Waals surface area (Å²) in [5, 5.41) is 11.7. The summed E-state index contributed by atoms with van der Waals surface area (Å²) < 4.78 is 1.11. The van der Waals surface area contributed by atoms with Crippen molar-refractivity contribution in [2.45, 2.75) is 0 Å². The third kappa shape index (κ3) is 4.83. The Hall–Kier alpha value is -4.81. The van der Waals surface area contributed by atoms with Crippen LogP contribution in [0, 0.1) is 5.41 Å². The molecule has 0 bridgehead atoms. The summed E-state index contributed by atoms with van der Waals surface area (Å²) in [6.07, 6.45) is 3.56. The first-order valence-corrected chi connectivity index (χ1v) is 12.6. The average molecular weight is 496 g/mol. The molecule has 0 aliphatic rings. The number of benzene rings is 4. The molecule has 37 heavy (non-hydrogen) atoms. The van der Waals surface area contributed by atoms with Crippen molar-refractivity contribution in [3.8, 4) is 10.7 Å². The SMILES string of the molecule is N=C(N=C(N=Cc1ccccc1)c1ccccc1)c1ccc2c(ccc3sc(-c4ccccn4)nc32)c1. The Balaban J connectivity index is 1.37. The van der Waals surface area contributed by atoms with Gasteiger partial charge in [-0.05, 0) is 35.2 Å². The topological polar surface area (TPSA) is 74.3 Å². The van der Waals surface area contributed by atoms with Gasteiger partial charge in [-0.1, -0.05) is 84.9 Å². The molecule has 4 aromatic carbocycles. The smallest absolute Gasteiger partial charge is 0.161 e. The van der Waals surface area contributed by atoms with Crippen LogP contribution in [0.1, 0.15) is 16.7 Å². The zero-order valence-electron chi connectivity index (χ0n) is 19.7. The number of amidine groups is 2. The standard InChI is InChI=1S/C31H21N5S/c32-29(36-30(22-11-5-2-6-12-22)34-20-21-9-3-1-4-10-21)24-14-16-25-23(19-24)15-17-27-28(25)35-31(37-27)26-13-7-8-18-33-26/h1-20,32H. The number of fused-ring (bicyclic) bond motifs is 3. The van der Waals surface area contributed by atoms with Gasteiger partial charge in [0.2, 0.25) is 0 Å². The zero-order valence-corrected chi connectivity index (χ0v) is 20.6. The second-order valence-corrected chi connectivity index (χ2v) is 9.43. The van der Waals surface area contributed by atoms with Crippen molar-refractivity contribution in [3.05, 3.63) is 132 Å². The summed E-state index contributed by atoms with van der Waals surface area (Å²) >= 11 is 1.63. The molecule has 176 valence electrons. The van der Waals surface area contributed by atoms with Crippen molar-refractivity contribution in [3.63, 3.8) is 0 Å². The van der Waals surface area contributed by atoms with Crippen LogP contribution < -0.4 is 0 Å². The van der Waals surface area contributed by atoms with Crippen LogP contribution in [0.5, 0.6) is 0 Å². The van der Waals surface area contributed by atoms with Gasteiger partial charge in [0.05, 0.1) is 15.9 Å². The van der Waals surface area contributed by atoms with E-state index < -0.39 is 0 Å². The molecule has 0 saturated heterocycles. The predicted octanol–water partition coefficient (Wildman–Crippen LogP) is 7.40. The molecule has 0 unspecified atom stereocenters. The van der Waals surface area contributed by atoms with E-state index in [0.717, 1.165) is 48.4 Å². The summed E-state index contributed by atoms with van der Waals surface area (Å²) in [6, 6.07) is 35.6. The first-order chi connectivity index (χ1) is 18.2.